The van der Waals surface area contributed by atoms with Crippen molar-refractivity contribution in [3.8, 4) is 0 Å². The molecule has 3 N–H and O–H groups in total. The zero-order valence-electron chi connectivity index (χ0n) is 8.21. The van der Waals surface area contributed by atoms with Crippen molar-refractivity contribution < 1.29 is 14.3 Å². The first-order valence-corrected chi connectivity index (χ1v) is 4.26. The molecule has 0 bridgehead atoms. The highest BCUT2D eigenvalue weighted by Crippen LogP contribution is 1.80. The third-order valence-corrected chi connectivity index (χ3v) is 1.43. The number of hydrogen-bond acceptors (Lipinski definition) is 4. The molecule has 0 radical (unpaired) electrons. The van der Waals surface area contributed by atoms with E-state index in [1.165, 1.54) is 0 Å². The van der Waals surface area contributed by atoms with E-state index in [-0.39, 0.29) is 18.6 Å². The van der Waals surface area contributed by atoms with Crippen molar-refractivity contribution in [1.82, 2.24) is 5.32 Å². The third kappa shape index (κ3) is 7.70. The van der Waals surface area contributed by atoms with E-state index in [4.69, 9.17) is 15.2 Å². The van der Waals surface area contributed by atoms with E-state index < -0.39 is 0 Å². The van der Waals surface area contributed by atoms with Crippen LogP contribution in [0.2, 0.25) is 0 Å². The van der Waals surface area contributed by atoms with Gasteiger partial charge in [0, 0.05) is 19.7 Å². The van der Waals surface area contributed by atoms with Crippen molar-refractivity contribution in [1.29, 1.82) is 0 Å². The predicted octanol–water partition coefficient (Wildman–Crippen LogP) is -0.887. The molecule has 0 heterocycles. The van der Waals surface area contributed by atoms with Crippen molar-refractivity contribution >= 4 is 5.91 Å². The Morgan fingerprint density at radius 1 is 1.54 bits per heavy atom. The van der Waals surface area contributed by atoms with Gasteiger partial charge in [-0.15, -0.1) is 0 Å². The van der Waals surface area contributed by atoms with Gasteiger partial charge in [-0.2, -0.15) is 0 Å². The van der Waals surface area contributed by atoms with E-state index in [0.717, 1.165) is 0 Å². The average Bonchev–Trinajstić information content (AvgIpc) is 2.12. The van der Waals surface area contributed by atoms with Crippen molar-refractivity contribution in [2.24, 2.45) is 5.73 Å². The van der Waals surface area contributed by atoms with E-state index in [1.54, 1.807) is 7.11 Å². The molecular weight excluding hydrogens is 172 g/mol. The fourth-order valence-electron chi connectivity index (χ4n) is 0.683. The fourth-order valence-corrected chi connectivity index (χ4v) is 0.683. The van der Waals surface area contributed by atoms with Crippen LogP contribution in [0, 0.1) is 0 Å². The normalized spacial score (nSPS) is 12.5. The molecule has 0 spiro atoms. The van der Waals surface area contributed by atoms with Gasteiger partial charge in [0.15, 0.2) is 0 Å². The maximum absolute atomic E-state index is 11.0. The Labute approximate surface area is 78.6 Å². The summed E-state index contributed by atoms with van der Waals surface area (Å²) < 4.78 is 9.75. The van der Waals surface area contributed by atoms with Crippen LogP contribution in [0.1, 0.15) is 6.92 Å². The maximum atomic E-state index is 11.0. The molecule has 78 valence electrons. The predicted molar refractivity (Wildman–Crippen MR) is 49.4 cm³/mol. The Kier molecular flexibility index (Phi) is 7.57. The van der Waals surface area contributed by atoms with Gasteiger partial charge in [0.05, 0.1) is 13.2 Å². The van der Waals surface area contributed by atoms with Gasteiger partial charge >= 0.3 is 0 Å². The minimum atomic E-state index is -0.144. The van der Waals surface area contributed by atoms with Gasteiger partial charge in [0.1, 0.15) is 6.61 Å². The number of nitrogens with one attached hydrogen (secondary N) is 1. The Hall–Kier alpha value is -0.650. The second kappa shape index (κ2) is 7.97. The van der Waals surface area contributed by atoms with Crippen LogP contribution >= 0.6 is 0 Å². The number of hydrogen-bond donors (Lipinski definition) is 2. The molecule has 1 atom stereocenters. The topological polar surface area (TPSA) is 73.6 Å². The summed E-state index contributed by atoms with van der Waals surface area (Å²) in [6.45, 7) is 3.27. The van der Waals surface area contributed by atoms with E-state index in [2.05, 4.69) is 5.32 Å². The first-order valence-electron chi connectivity index (χ1n) is 4.26. The van der Waals surface area contributed by atoms with Crippen LogP contribution in [0.3, 0.4) is 0 Å². The average molecular weight is 190 g/mol. The summed E-state index contributed by atoms with van der Waals surface area (Å²) in [6.07, 6.45) is 0. The molecule has 0 aromatic rings. The lowest BCUT2D eigenvalue weighted by Gasteiger charge is -2.10. The highest BCUT2D eigenvalue weighted by molar-refractivity contribution is 5.77. The largest absolute Gasteiger partial charge is 0.382 e. The number of methoxy groups -OCH3 is 1. The summed E-state index contributed by atoms with van der Waals surface area (Å²) in [6, 6.07) is -0.00137. The molecular formula is C8H18N2O3. The minimum Gasteiger partial charge on any atom is -0.382 e. The first-order chi connectivity index (χ1) is 6.20. The van der Waals surface area contributed by atoms with Crippen LogP contribution in [0.5, 0.6) is 0 Å². The highest BCUT2D eigenvalue weighted by Gasteiger charge is 2.04. The number of nitrogens with two attached hydrogens (primary N) is 1. The van der Waals surface area contributed by atoms with Crippen LogP contribution < -0.4 is 11.1 Å². The van der Waals surface area contributed by atoms with Crippen molar-refractivity contribution in [2.45, 2.75) is 13.0 Å². The molecule has 0 aliphatic rings. The molecule has 5 heteroatoms. The highest BCUT2D eigenvalue weighted by atomic mass is 16.5. The molecule has 1 amide bonds. The van der Waals surface area contributed by atoms with Gasteiger partial charge < -0.3 is 20.5 Å². The van der Waals surface area contributed by atoms with Crippen LogP contribution in [0.15, 0.2) is 0 Å². The number of rotatable bonds is 7. The van der Waals surface area contributed by atoms with Crippen LogP contribution in [0.25, 0.3) is 0 Å². The molecule has 0 aromatic carbocycles. The summed E-state index contributed by atoms with van der Waals surface area (Å²) in [4.78, 5) is 11.0. The summed E-state index contributed by atoms with van der Waals surface area (Å²) in [5.74, 6) is -0.144. The fraction of sp³-hybridized carbons (Fsp3) is 0.875. The Morgan fingerprint density at radius 3 is 2.77 bits per heavy atom. The summed E-state index contributed by atoms with van der Waals surface area (Å²) in [7, 11) is 1.58. The third-order valence-electron chi connectivity index (χ3n) is 1.43. The molecule has 0 saturated carbocycles. The van der Waals surface area contributed by atoms with E-state index in [0.29, 0.717) is 19.8 Å². The van der Waals surface area contributed by atoms with Crippen LogP contribution in [0.4, 0.5) is 0 Å². The monoisotopic (exact) mass is 190 g/mol. The molecule has 0 saturated heterocycles. The minimum absolute atomic E-state index is 0.00137. The Bertz CT molecular complexity index is 141. The molecule has 0 rings (SSSR count). The SMILES string of the molecule is COCCOCC(=O)NC(C)CN. The molecule has 0 aliphatic carbocycles. The number of amides is 1. The lowest BCUT2D eigenvalue weighted by atomic mass is 10.3. The lowest BCUT2D eigenvalue weighted by Crippen LogP contribution is -2.39. The Morgan fingerprint density at radius 2 is 2.23 bits per heavy atom. The van der Waals surface area contributed by atoms with E-state index >= 15 is 0 Å². The van der Waals surface area contributed by atoms with Gasteiger partial charge in [-0.25, -0.2) is 0 Å². The molecule has 13 heavy (non-hydrogen) atoms. The maximum Gasteiger partial charge on any atom is 0.246 e. The molecule has 5 nitrogen and oxygen atoms in total. The number of carbonyl (C=O) groups excluding carboxylic acids is 1. The lowest BCUT2D eigenvalue weighted by molar-refractivity contribution is -0.126. The second-order valence-electron chi connectivity index (χ2n) is 2.75. The summed E-state index contributed by atoms with van der Waals surface area (Å²) in [5.41, 5.74) is 5.32. The summed E-state index contributed by atoms with van der Waals surface area (Å²) in [5, 5.41) is 2.68. The molecule has 0 aromatic heterocycles. The number of ether oxygens (including phenoxy) is 2. The standard InChI is InChI=1S/C8H18N2O3/c1-7(5-9)10-8(11)6-13-4-3-12-2/h7H,3-6,9H2,1-2H3,(H,10,11). The smallest absolute Gasteiger partial charge is 0.246 e. The summed E-state index contributed by atoms with van der Waals surface area (Å²) >= 11 is 0. The van der Waals surface area contributed by atoms with Gasteiger partial charge in [0.2, 0.25) is 5.91 Å². The first kappa shape index (κ1) is 12.3. The molecule has 0 fully saturated rings. The van der Waals surface area contributed by atoms with Crippen molar-refractivity contribution in [3.63, 3.8) is 0 Å². The van der Waals surface area contributed by atoms with Gasteiger partial charge in [-0.05, 0) is 6.92 Å². The van der Waals surface area contributed by atoms with Gasteiger partial charge in [-0.3, -0.25) is 4.79 Å². The van der Waals surface area contributed by atoms with Gasteiger partial charge in [-0.1, -0.05) is 0 Å². The second-order valence-corrected chi connectivity index (χ2v) is 2.75. The van der Waals surface area contributed by atoms with Crippen molar-refractivity contribution in [3.05, 3.63) is 0 Å². The van der Waals surface area contributed by atoms with Crippen LogP contribution in [-0.4, -0.2) is 45.4 Å². The molecule has 0 aliphatic heterocycles. The van der Waals surface area contributed by atoms with E-state index in [1.807, 2.05) is 6.92 Å². The quantitative estimate of drug-likeness (QED) is 0.511. The Balaban J connectivity index is 3.30. The zero-order chi connectivity index (χ0) is 10.1. The molecule has 1 unspecified atom stereocenters. The van der Waals surface area contributed by atoms with Crippen molar-refractivity contribution in [2.75, 3.05) is 33.5 Å². The van der Waals surface area contributed by atoms with E-state index in [9.17, 15) is 4.79 Å². The van der Waals surface area contributed by atoms with Crippen LogP contribution in [-0.2, 0) is 14.3 Å². The van der Waals surface area contributed by atoms with Gasteiger partial charge in [0.25, 0.3) is 0 Å². The zero-order valence-corrected chi connectivity index (χ0v) is 8.21. The number of carbonyl (C=O) groups is 1.